The largest absolute Gasteiger partial charge is 0.408 e. The Balaban J connectivity index is 1.54. The van der Waals surface area contributed by atoms with E-state index in [4.69, 9.17) is 9.15 Å². The van der Waals surface area contributed by atoms with Gasteiger partial charge in [0.25, 0.3) is 0 Å². The van der Waals surface area contributed by atoms with Crippen LogP contribution >= 0.6 is 0 Å². The number of hydrogen-bond donors (Lipinski definition) is 0. The van der Waals surface area contributed by atoms with Crippen molar-refractivity contribution in [3.8, 4) is 0 Å². The van der Waals surface area contributed by atoms with Crippen molar-refractivity contribution < 1.29 is 9.15 Å². The average Bonchev–Trinajstić information content (AvgIpc) is 2.98. The first-order valence-electron chi connectivity index (χ1n) is 8.22. The Labute approximate surface area is 126 Å². The maximum atomic E-state index is 5.77. The minimum Gasteiger partial charge on any atom is -0.408 e. The molecule has 0 amide bonds. The average molecular weight is 294 g/mol. The van der Waals surface area contributed by atoms with E-state index in [1.165, 1.54) is 12.8 Å². The molecule has 0 unspecified atom stereocenters. The number of piperidine rings is 1. The molecule has 21 heavy (non-hydrogen) atoms. The van der Waals surface area contributed by atoms with Crippen molar-refractivity contribution in [2.75, 3.05) is 50.8 Å². The molecule has 1 aromatic heterocycles. The second kappa shape index (κ2) is 7.22. The highest BCUT2D eigenvalue weighted by molar-refractivity contribution is 5.25. The third-order valence-electron chi connectivity index (χ3n) is 4.33. The van der Waals surface area contributed by atoms with Gasteiger partial charge in [0, 0.05) is 39.1 Å². The predicted octanol–water partition coefficient (Wildman–Crippen LogP) is 1.57. The predicted molar refractivity (Wildman–Crippen MR) is 80.5 cm³/mol. The lowest BCUT2D eigenvalue weighted by Crippen LogP contribution is -2.44. The van der Waals surface area contributed by atoms with Crippen LogP contribution in [0.2, 0.25) is 0 Å². The van der Waals surface area contributed by atoms with Crippen LogP contribution in [0.5, 0.6) is 0 Å². The standard InChI is InChI=1S/C15H26N4O2/c1-2-4-14-16-17-15(21-14)19-6-3-5-13(12-19)11-18-7-9-20-10-8-18/h13H,2-12H2,1H3/t13-/m1/s1. The Kier molecular flexibility index (Phi) is 5.08. The molecule has 0 saturated carbocycles. The third kappa shape index (κ3) is 3.95. The second-order valence-corrected chi connectivity index (χ2v) is 6.10. The van der Waals surface area contributed by atoms with Crippen LogP contribution in [-0.2, 0) is 11.2 Å². The first kappa shape index (κ1) is 14.8. The number of rotatable bonds is 5. The molecule has 2 aliphatic heterocycles. The lowest BCUT2D eigenvalue weighted by atomic mass is 9.97. The summed E-state index contributed by atoms with van der Waals surface area (Å²) in [6.07, 6.45) is 4.42. The molecule has 2 aliphatic rings. The van der Waals surface area contributed by atoms with E-state index in [1.54, 1.807) is 0 Å². The molecule has 6 nitrogen and oxygen atoms in total. The smallest absolute Gasteiger partial charge is 0.318 e. The molecule has 118 valence electrons. The van der Waals surface area contributed by atoms with Gasteiger partial charge in [0.2, 0.25) is 5.89 Å². The van der Waals surface area contributed by atoms with Gasteiger partial charge < -0.3 is 14.1 Å². The highest BCUT2D eigenvalue weighted by Gasteiger charge is 2.25. The van der Waals surface area contributed by atoms with Crippen molar-refractivity contribution in [1.82, 2.24) is 15.1 Å². The molecule has 3 heterocycles. The number of ether oxygens (including phenoxy) is 1. The van der Waals surface area contributed by atoms with E-state index in [1.807, 2.05) is 0 Å². The third-order valence-corrected chi connectivity index (χ3v) is 4.33. The fraction of sp³-hybridized carbons (Fsp3) is 0.867. The maximum absolute atomic E-state index is 5.77. The van der Waals surface area contributed by atoms with Crippen molar-refractivity contribution in [3.63, 3.8) is 0 Å². The summed E-state index contributed by atoms with van der Waals surface area (Å²) in [5.41, 5.74) is 0. The first-order valence-corrected chi connectivity index (χ1v) is 8.22. The van der Waals surface area contributed by atoms with E-state index >= 15 is 0 Å². The summed E-state index contributed by atoms with van der Waals surface area (Å²) in [6.45, 7) is 9.24. The Morgan fingerprint density at radius 3 is 2.86 bits per heavy atom. The van der Waals surface area contributed by atoms with Gasteiger partial charge in [-0.1, -0.05) is 12.0 Å². The minimum absolute atomic E-state index is 0.693. The van der Waals surface area contributed by atoms with Gasteiger partial charge >= 0.3 is 6.01 Å². The highest BCUT2D eigenvalue weighted by atomic mass is 16.5. The molecule has 1 aromatic rings. The molecule has 0 aromatic carbocycles. The minimum atomic E-state index is 0.693. The quantitative estimate of drug-likeness (QED) is 0.821. The van der Waals surface area contributed by atoms with Crippen LogP contribution in [0.25, 0.3) is 0 Å². The molecule has 1 atom stereocenters. The van der Waals surface area contributed by atoms with Crippen molar-refractivity contribution >= 4 is 6.01 Å². The van der Waals surface area contributed by atoms with Crippen LogP contribution in [0.4, 0.5) is 6.01 Å². The van der Waals surface area contributed by atoms with Crippen LogP contribution in [0, 0.1) is 5.92 Å². The Bertz CT molecular complexity index is 431. The zero-order valence-electron chi connectivity index (χ0n) is 13.0. The van der Waals surface area contributed by atoms with Crippen molar-refractivity contribution in [2.24, 2.45) is 5.92 Å². The van der Waals surface area contributed by atoms with E-state index < -0.39 is 0 Å². The fourth-order valence-corrected chi connectivity index (χ4v) is 3.22. The number of aryl methyl sites for hydroxylation is 1. The SMILES string of the molecule is CCCc1nnc(N2CCC[C@H](CN3CCOCC3)C2)o1. The number of aromatic nitrogens is 2. The van der Waals surface area contributed by atoms with E-state index in [0.717, 1.165) is 64.7 Å². The van der Waals surface area contributed by atoms with Gasteiger partial charge in [0.05, 0.1) is 13.2 Å². The summed E-state index contributed by atoms with van der Waals surface area (Å²) in [4.78, 5) is 4.79. The van der Waals surface area contributed by atoms with Gasteiger partial charge in [-0.15, -0.1) is 5.10 Å². The zero-order valence-corrected chi connectivity index (χ0v) is 13.0. The molecule has 2 saturated heterocycles. The van der Waals surface area contributed by atoms with E-state index in [2.05, 4.69) is 26.9 Å². The summed E-state index contributed by atoms with van der Waals surface area (Å²) in [7, 11) is 0. The maximum Gasteiger partial charge on any atom is 0.318 e. The van der Waals surface area contributed by atoms with Gasteiger partial charge in [-0.3, -0.25) is 4.90 Å². The van der Waals surface area contributed by atoms with Crippen LogP contribution in [0.1, 0.15) is 32.1 Å². The van der Waals surface area contributed by atoms with Gasteiger partial charge in [0.15, 0.2) is 0 Å². The second-order valence-electron chi connectivity index (χ2n) is 6.10. The first-order chi connectivity index (χ1) is 10.3. The van der Waals surface area contributed by atoms with Crippen molar-refractivity contribution in [2.45, 2.75) is 32.6 Å². The lowest BCUT2D eigenvalue weighted by Gasteiger charge is -2.36. The lowest BCUT2D eigenvalue weighted by molar-refractivity contribution is 0.0295. The number of hydrogen-bond acceptors (Lipinski definition) is 6. The summed E-state index contributed by atoms with van der Waals surface area (Å²) in [5.74, 6) is 1.46. The molecule has 2 fully saturated rings. The van der Waals surface area contributed by atoms with Crippen LogP contribution < -0.4 is 4.90 Å². The topological polar surface area (TPSA) is 54.6 Å². The molecular formula is C15H26N4O2. The number of nitrogens with zero attached hydrogens (tertiary/aromatic N) is 4. The van der Waals surface area contributed by atoms with Crippen molar-refractivity contribution in [3.05, 3.63) is 5.89 Å². The molecule has 0 bridgehead atoms. The highest BCUT2D eigenvalue weighted by Crippen LogP contribution is 2.23. The number of morpholine rings is 1. The van der Waals surface area contributed by atoms with E-state index in [9.17, 15) is 0 Å². The van der Waals surface area contributed by atoms with Crippen LogP contribution in [0.3, 0.4) is 0 Å². The fourth-order valence-electron chi connectivity index (χ4n) is 3.22. The monoisotopic (exact) mass is 294 g/mol. The summed E-state index contributed by atoms with van der Waals surface area (Å²) < 4.78 is 11.2. The zero-order chi connectivity index (χ0) is 14.5. The molecule has 0 aliphatic carbocycles. The molecule has 0 N–H and O–H groups in total. The Morgan fingerprint density at radius 2 is 2.05 bits per heavy atom. The summed E-state index contributed by atoms with van der Waals surface area (Å²) in [6, 6.07) is 0.713. The summed E-state index contributed by atoms with van der Waals surface area (Å²) >= 11 is 0. The van der Waals surface area contributed by atoms with Gasteiger partial charge in [-0.05, 0) is 25.2 Å². The van der Waals surface area contributed by atoms with Gasteiger partial charge in [-0.25, -0.2) is 0 Å². The van der Waals surface area contributed by atoms with E-state index in [0.29, 0.717) is 11.9 Å². The van der Waals surface area contributed by atoms with Gasteiger partial charge in [-0.2, -0.15) is 0 Å². The molecule has 3 rings (SSSR count). The molecule has 0 radical (unpaired) electrons. The van der Waals surface area contributed by atoms with Crippen LogP contribution in [-0.4, -0.2) is 61.0 Å². The summed E-state index contributed by atoms with van der Waals surface area (Å²) in [5, 5.41) is 8.35. The molecule has 0 spiro atoms. The van der Waals surface area contributed by atoms with Gasteiger partial charge in [0.1, 0.15) is 0 Å². The Morgan fingerprint density at radius 1 is 1.19 bits per heavy atom. The normalized spacial score (nSPS) is 24.4. The van der Waals surface area contributed by atoms with E-state index in [-0.39, 0.29) is 0 Å². The molecular weight excluding hydrogens is 268 g/mol. The number of anilines is 1. The van der Waals surface area contributed by atoms with Crippen LogP contribution in [0.15, 0.2) is 4.42 Å². The van der Waals surface area contributed by atoms with Crippen molar-refractivity contribution in [1.29, 1.82) is 0 Å². The Hall–Kier alpha value is -1.14. The molecule has 6 heteroatoms.